The molecule has 0 spiro atoms. The van der Waals surface area contributed by atoms with Crippen molar-refractivity contribution in [2.24, 2.45) is 0 Å². The van der Waals surface area contributed by atoms with Gasteiger partial charge in [0.2, 0.25) is 0 Å². The average molecular weight is 457 g/mol. The first kappa shape index (κ1) is 22.3. The molecule has 0 aromatic heterocycles. The van der Waals surface area contributed by atoms with Crippen LogP contribution >= 0.6 is 0 Å². The van der Waals surface area contributed by atoms with E-state index in [1.807, 2.05) is 0 Å². The summed E-state index contributed by atoms with van der Waals surface area (Å²) in [6.07, 6.45) is -0.743. The molecule has 2 heterocycles. The summed E-state index contributed by atoms with van der Waals surface area (Å²) < 4.78 is 34.9. The number of urea groups is 1. The molecule has 1 aromatic rings. The van der Waals surface area contributed by atoms with Crippen molar-refractivity contribution < 1.29 is 41.5 Å². The second-order valence-electron chi connectivity index (χ2n) is 6.81. The molecule has 168 valence electrons. The number of benzene rings is 1. The predicted molar refractivity (Wildman–Crippen MR) is 100 cm³/mol. The summed E-state index contributed by atoms with van der Waals surface area (Å²) in [4.78, 5) is 48.5. The standard InChI is InChI=1S/C16H19N5O9S/c22-13(10-3-1-9(2-4-10)7-17-15(24)25)18-19-14(23)12-6-5-11-8-20(12)16(26)21(11)30-31(27,28)29/h1-4,11-12,17H,5-8H2,(H,18,22)(H,19,23)(H,24,25)(H,27,28,29). The molecule has 0 radical (unpaired) electrons. The van der Waals surface area contributed by atoms with Gasteiger partial charge in [-0.2, -0.15) is 13.5 Å². The van der Waals surface area contributed by atoms with E-state index >= 15 is 0 Å². The van der Waals surface area contributed by atoms with Gasteiger partial charge in [0.1, 0.15) is 6.04 Å². The Morgan fingerprint density at radius 3 is 2.42 bits per heavy atom. The Morgan fingerprint density at radius 1 is 1.13 bits per heavy atom. The summed E-state index contributed by atoms with van der Waals surface area (Å²) in [6, 6.07) is 3.48. The number of hydrazine groups is 1. The van der Waals surface area contributed by atoms with Gasteiger partial charge in [0.25, 0.3) is 11.8 Å². The van der Waals surface area contributed by atoms with Crippen LogP contribution in [0.2, 0.25) is 0 Å². The number of fused-ring (bicyclic) bond motifs is 2. The molecule has 3 rings (SSSR count). The van der Waals surface area contributed by atoms with Gasteiger partial charge in [-0.15, -0.1) is 4.28 Å². The smallest absolute Gasteiger partial charge is 0.418 e. The number of carbonyl (C=O) groups excluding carboxylic acids is 3. The summed E-state index contributed by atoms with van der Waals surface area (Å²) in [7, 11) is -4.89. The summed E-state index contributed by atoms with van der Waals surface area (Å²) in [5.41, 5.74) is 5.27. The largest absolute Gasteiger partial charge is 0.465 e. The number of amides is 5. The monoisotopic (exact) mass is 457 g/mol. The molecule has 14 nitrogen and oxygen atoms in total. The first-order valence-corrected chi connectivity index (χ1v) is 10.3. The lowest BCUT2D eigenvalue weighted by Crippen LogP contribution is -2.54. The van der Waals surface area contributed by atoms with E-state index in [0.717, 1.165) is 4.90 Å². The molecule has 2 atom stereocenters. The second kappa shape index (κ2) is 8.75. The van der Waals surface area contributed by atoms with Crippen molar-refractivity contribution in [3.8, 4) is 0 Å². The van der Waals surface area contributed by atoms with Crippen molar-refractivity contribution in [1.29, 1.82) is 0 Å². The Morgan fingerprint density at radius 2 is 1.81 bits per heavy atom. The van der Waals surface area contributed by atoms with Crippen LogP contribution in [-0.2, 0) is 26.0 Å². The third-order valence-electron chi connectivity index (χ3n) is 4.76. The molecule has 2 aliphatic heterocycles. The lowest BCUT2D eigenvalue weighted by atomic mass is 10.0. The van der Waals surface area contributed by atoms with Crippen molar-refractivity contribution in [3.63, 3.8) is 0 Å². The molecular formula is C16H19N5O9S. The van der Waals surface area contributed by atoms with Gasteiger partial charge >= 0.3 is 22.5 Å². The average Bonchev–Trinajstić information content (AvgIpc) is 2.94. The maximum Gasteiger partial charge on any atom is 0.418 e. The molecule has 5 amide bonds. The zero-order chi connectivity index (χ0) is 22.8. The third-order valence-corrected chi connectivity index (χ3v) is 5.11. The van der Waals surface area contributed by atoms with Crippen molar-refractivity contribution in [2.45, 2.75) is 31.5 Å². The Balaban J connectivity index is 1.54. The number of nitrogens with zero attached hydrogens (tertiary/aromatic N) is 2. The number of carboxylic acid groups (broad SMARTS) is 1. The van der Waals surface area contributed by atoms with Crippen LogP contribution < -0.4 is 16.2 Å². The minimum atomic E-state index is -4.89. The van der Waals surface area contributed by atoms with Crippen molar-refractivity contribution in [3.05, 3.63) is 35.4 Å². The van der Waals surface area contributed by atoms with E-state index < -0.39 is 46.4 Å². The van der Waals surface area contributed by atoms with Gasteiger partial charge in [-0.3, -0.25) is 25.0 Å². The van der Waals surface area contributed by atoms with Gasteiger partial charge in [-0.25, -0.2) is 9.59 Å². The summed E-state index contributed by atoms with van der Waals surface area (Å²) in [6.45, 7) is 0.0883. The molecule has 2 unspecified atom stereocenters. The van der Waals surface area contributed by atoms with Gasteiger partial charge in [-0.05, 0) is 30.5 Å². The lowest BCUT2D eigenvalue weighted by Gasteiger charge is -2.29. The minimum absolute atomic E-state index is 0.0201. The van der Waals surface area contributed by atoms with E-state index in [1.54, 1.807) is 12.1 Å². The van der Waals surface area contributed by atoms with Crippen LogP contribution in [0.25, 0.3) is 0 Å². The van der Waals surface area contributed by atoms with Crippen molar-refractivity contribution in [1.82, 2.24) is 26.1 Å². The first-order chi connectivity index (χ1) is 14.5. The number of nitrogens with one attached hydrogen (secondary N) is 3. The highest BCUT2D eigenvalue weighted by molar-refractivity contribution is 7.80. The fourth-order valence-corrected chi connectivity index (χ4v) is 3.72. The molecular weight excluding hydrogens is 438 g/mol. The van der Waals surface area contributed by atoms with Crippen LogP contribution in [0.15, 0.2) is 24.3 Å². The zero-order valence-corrected chi connectivity index (χ0v) is 16.7. The molecule has 0 saturated carbocycles. The highest BCUT2D eigenvalue weighted by Crippen LogP contribution is 2.30. The molecule has 2 fully saturated rings. The predicted octanol–water partition coefficient (Wildman–Crippen LogP) is -0.782. The molecule has 2 bridgehead atoms. The molecule has 31 heavy (non-hydrogen) atoms. The summed E-state index contributed by atoms with van der Waals surface area (Å²) in [5.74, 6) is -1.32. The number of hydroxylamine groups is 2. The van der Waals surface area contributed by atoms with Crippen molar-refractivity contribution in [2.75, 3.05) is 6.54 Å². The van der Waals surface area contributed by atoms with Crippen LogP contribution in [0.3, 0.4) is 0 Å². The Labute approximate surface area is 176 Å². The molecule has 1 aromatic carbocycles. The van der Waals surface area contributed by atoms with Crippen LogP contribution in [0.5, 0.6) is 0 Å². The fourth-order valence-electron chi connectivity index (χ4n) is 3.33. The van der Waals surface area contributed by atoms with Gasteiger partial charge in [-0.1, -0.05) is 12.1 Å². The Bertz CT molecular complexity index is 997. The van der Waals surface area contributed by atoms with E-state index in [-0.39, 0.29) is 31.5 Å². The fraction of sp³-hybridized carbons (Fsp3) is 0.375. The number of piperidine rings is 1. The van der Waals surface area contributed by atoms with E-state index in [0.29, 0.717) is 10.6 Å². The maximum atomic E-state index is 12.5. The number of hydrogen-bond acceptors (Lipinski definition) is 7. The molecule has 15 heteroatoms. The van der Waals surface area contributed by atoms with Gasteiger partial charge < -0.3 is 15.3 Å². The first-order valence-electron chi connectivity index (χ1n) is 8.98. The third kappa shape index (κ3) is 5.39. The van der Waals surface area contributed by atoms with Gasteiger partial charge in [0, 0.05) is 18.7 Å². The SMILES string of the molecule is O=C(O)NCc1ccc(C(=O)NNC(=O)C2CCC3CN2C(=O)N3OS(=O)(=O)O)cc1. The van der Waals surface area contributed by atoms with E-state index in [9.17, 15) is 27.6 Å². The number of carbonyl (C=O) groups is 4. The van der Waals surface area contributed by atoms with E-state index in [4.69, 9.17) is 9.66 Å². The number of hydrogen-bond donors (Lipinski definition) is 5. The lowest BCUT2D eigenvalue weighted by molar-refractivity contribution is -0.126. The Kier molecular flexibility index (Phi) is 6.28. The topological polar surface area (TPSA) is 195 Å². The van der Waals surface area contributed by atoms with Crippen LogP contribution in [0.1, 0.15) is 28.8 Å². The normalized spacial score (nSPS) is 20.4. The van der Waals surface area contributed by atoms with Gasteiger partial charge in [0.05, 0.1) is 6.04 Å². The molecule has 2 aliphatic rings. The van der Waals surface area contributed by atoms with Crippen LogP contribution in [0, 0.1) is 0 Å². The minimum Gasteiger partial charge on any atom is -0.465 e. The van der Waals surface area contributed by atoms with Crippen LogP contribution in [-0.4, -0.2) is 70.6 Å². The molecule has 0 aliphatic carbocycles. The quantitative estimate of drug-likeness (QED) is 0.269. The summed E-state index contributed by atoms with van der Waals surface area (Å²) >= 11 is 0. The molecule has 2 saturated heterocycles. The van der Waals surface area contributed by atoms with Crippen LogP contribution in [0.4, 0.5) is 9.59 Å². The van der Waals surface area contributed by atoms with Crippen molar-refractivity contribution >= 4 is 34.3 Å². The highest BCUT2D eigenvalue weighted by Gasteiger charge is 2.49. The number of rotatable bonds is 6. The summed E-state index contributed by atoms with van der Waals surface area (Å²) in [5, 5.41) is 11.3. The van der Waals surface area contributed by atoms with E-state index in [2.05, 4.69) is 20.5 Å². The molecule has 5 N–H and O–H groups in total. The zero-order valence-electron chi connectivity index (χ0n) is 15.8. The Hall–Kier alpha value is -3.43. The highest BCUT2D eigenvalue weighted by atomic mass is 32.3. The van der Waals surface area contributed by atoms with E-state index in [1.165, 1.54) is 12.1 Å². The maximum absolute atomic E-state index is 12.5. The van der Waals surface area contributed by atoms with Gasteiger partial charge in [0.15, 0.2) is 0 Å². The second-order valence-corrected chi connectivity index (χ2v) is 7.81.